The number of aromatic nitrogens is 3. The van der Waals surface area contributed by atoms with Gasteiger partial charge in [-0.05, 0) is 67.6 Å². The molecule has 8 heteroatoms. The summed E-state index contributed by atoms with van der Waals surface area (Å²) in [6, 6.07) is 16.2. The highest BCUT2D eigenvalue weighted by Crippen LogP contribution is 2.26. The summed E-state index contributed by atoms with van der Waals surface area (Å²) >= 11 is 5.49. The van der Waals surface area contributed by atoms with E-state index >= 15 is 0 Å². The van der Waals surface area contributed by atoms with Crippen LogP contribution in [0.25, 0.3) is 21.9 Å². The average molecular weight is 491 g/mol. The Bertz CT molecular complexity index is 1460. The Balaban J connectivity index is 1.20. The van der Waals surface area contributed by atoms with Gasteiger partial charge in [-0.15, -0.1) is 0 Å². The Labute approximate surface area is 208 Å². The van der Waals surface area contributed by atoms with E-state index in [0.29, 0.717) is 46.9 Å². The van der Waals surface area contributed by atoms with E-state index in [1.165, 1.54) is 5.56 Å². The van der Waals surface area contributed by atoms with Crippen molar-refractivity contribution in [3.8, 4) is 5.75 Å². The van der Waals surface area contributed by atoms with Gasteiger partial charge in [-0.25, -0.2) is 0 Å². The lowest BCUT2D eigenvalue weighted by atomic mass is 9.90. The summed E-state index contributed by atoms with van der Waals surface area (Å²) in [4.78, 5) is 34.3. The molecule has 2 aromatic carbocycles. The Morgan fingerprint density at radius 2 is 1.86 bits per heavy atom. The molecule has 0 atom stereocenters. The molecular weight excluding hydrogens is 460 g/mol. The predicted octanol–water partition coefficient (Wildman–Crippen LogP) is 4.81. The van der Waals surface area contributed by atoms with Crippen molar-refractivity contribution in [2.75, 3.05) is 20.2 Å². The predicted molar refractivity (Wildman–Crippen MR) is 140 cm³/mol. The molecule has 0 saturated carbocycles. The van der Waals surface area contributed by atoms with Crippen LogP contribution >= 0.6 is 12.2 Å². The molecule has 5 rings (SSSR count). The number of carbonyl (C=O) groups is 1. The molecule has 2 aromatic heterocycles. The molecule has 4 aromatic rings. The number of hydrogen-bond donors (Lipinski definition) is 2. The number of amides is 1. The summed E-state index contributed by atoms with van der Waals surface area (Å²) in [7, 11) is 1.61. The first-order valence-corrected chi connectivity index (χ1v) is 12.6. The number of nitrogens with zero attached hydrogens (tertiary/aromatic N) is 2. The fourth-order valence-corrected chi connectivity index (χ4v) is 5.35. The van der Waals surface area contributed by atoms with E-state index in [1.54, 1.807) is 11.7 Å². The third-order valence-electron chi connectivity index (χ3n) is 7.05. The van der Waals surface area contributed by atoms with E-state index < -0.39 is 0 Å². The van der Waals surface area contributed by atoms with Crippen LogP contribution in [0.3, 0.4) is 0 Å². The largest absolute Gasteiger partial charge is 0.497 e. The van der Waals surface area contributed by atoms with Gasteiger partial charge in [0.2, 0.25) is 5.91 Å². The van der Waals surface area contributed by atoms with Gasteiger partial charge in [0.15, 0.2) is 4.77 Å². The smallest absolute Gasteiger partial charge is 0.278 e. The lowest BCUT2D eigenvalue weighted by molar-refractivity contribution is -0.132. The molecular formula is C27H30N4O3S. The summed E-state index contributed by atoms with van der Waals surface area (Å²) in [5.41, 5.74) is 3.19. The highest BCUT2D eigenvalue weighted by Gasteiger charge is 2.23. The highest BCUT2D eigenvalue weighted by atomic mass is 32.1. The first-order valence-electron chi connectivity index (χ1n) is 12.2. The number of benzene rings is 2. The normalized spacial score (nSPS) is 14.6. The van der Waals surface area contributed by atoms with Crippen molar-refractivity contribution in [2.24, 2.45) is 5.92 Å². The molecule has 0 aliphatic carbocycles. The number of rotatable bonds is 7. The maximum absolute atomic E-state index is 13.2. The molecule has 182 valence electrons. The van der Waals surface area contributed by atoms with Crippen LogP contribution in [0.15, 0.2) is 53.3 Å². The second-order valence-electron chi connectivity index (χ2n) is 9.29. The minimum atomic E-state index is -0.173. The number of fused-ring (bicyclic) bond motifs is 3. The lowest BCUT2D eigenvalue weighted by Gasteiger charge is -2.32. The van der Waals surface area contributed by atoms with Crippen LogP contribution in [0.4, 0.5) is 0 Å². The van der Waals surface area contributed by atoms with Gasteiger partial charge in [-0.1, -0.05) is 30.3 Å². The molecule has 1 aliphatic rings. The van der Waals surface area contributed by atoms with E-state index in [-0.39, 0.29) is 11.5 Å². The zero-order valence-corrected chi connectivity index (χ0v) is 20.7. The van der Waals surface area contributed by atoms with Gasteiger partial charge in [0.1, 0.15) is 11.3 Å². The third kappa shape index (κ3) is 4.89. The number of likely N-dealkylation sites (tertiary alicyclic amines) is 1. The fraction of sp³-hybridized carbons (Fsp3) is 0.370. The number of carbonyl (C=O) groups excluding carboxylic acids is 1. The molecule has 2 N–H and O–H groups in total. The number of H-pyrrole nitrogens is 2. The van der Waals surface area contributed by atoms with Gasteiger partial charge >= 0.3 is 0 Å². The van der Waals surface area contributed by atoms with Crippen molar-refractivity contribution < 1.29 is 9.53 Å². The number of methoxy groups -OCH3 is 1. The van der Waals surface area contributed by atoms with E-state index in [9.17, 15) is 9.59 Å². The number of ether oxygens (including phenoxy) is 1. The van der Waals surface area contributed by atoms with Gasteiger partial charge in [0.25, 0.3) is 5.56 Å². The molecule has 35 heavy (non-hydrogen) atoms. The lowest BCUT2D eigenvalue weighted by Crippen LogP contribution is -2.39. The average Bonchev–Trinajstić information content (AvgIpc) is 3.24. The van der Waals surface area contributed by atoms with Crippen LogP contribution in [0.5, 0.6) is 5.75 Å². The Morgan fingerprint density at radius 3 is 2.60 bits per heavy atom. The van der Waals surface area contributed by atoms with Crippen LogP contribution in [0.1, 0.15) is 31.2 Å². The second-order valence-corrected chi connectivity index (χ2v) is 9.68. The molecule has 3 heterocycles. The van der Waals surface area contributed by atoms with Gasteiger partial charge < -0.3 is 19.6 Å². The zero-order valence-electron chi connectivity index (χ0n) is 19.9. The summed E-state index contributed by atoms with van der Waals surface area (Å²) < 4.78 is 7.22. The van der Waals surface area contributed by atoms with Crippen LogP contribution in [0.2, 0.25) is 0 Å². The third-order valence-corrected chi connectivity index (χ3v) is 7.37. The molecule has 7 nitrogen and oxygen atoms in total. The Kier molecular flexibility index (Phi) is 6.72. The number of piperidine rings is 1. The second kappa shape index (κ2) is 10.1. The first-order chi connectivity index (χ1) is 17.0. The quantitative estimate of drug-likeness (QED) is 0.364. The van der Waals surface area contributed by atoms with Gasteiger partial charge in [-0.3, -0.25) is 14.2 Å². The molecule has 0 bridgehead atoms. The van der Waals surface area contributed by atoms with Crippen molar-refractivity contribution >= 4 is 40.1 Å². The van der Waals surface area contributed by atoms with Crippen molar-refractivity contribution in [2.45, 2.75) is 38.6 Å². The maximum atomic E-state index is 13.2. The van der Waals surface area contributed by atoms with Gasteiger partial charge in [0, 0.05) is 37.0 Å². The van der Waals surface area contributed by atoms with Crippen molar-refractivity contribution in [1.82, 2.24) is 19.4 Å². The molecule has 1 aliphatic heterocycles. The van der Waals surface area contributed by atoms with Crippen LogP contribution in [-0.2, 0) is 17.8 Å². The van der Waals surface area contributed by atoms with E-state index in [2.05, 4.69) is 34.2 Å². The Morgan fingerprint density at radius 1 is 1.09 bits per heavy atom. The minimum Gasteiger partial charge on any atom is -0.497 e. The topological polar surface area (TPSA) is 83.1 Å². The van der Waals surface area contributed by atoms with Crippen LogP contribution in [0, 0.1) is 10.7 Å². The standard InChI is InChI=1S/C27H30N4O3S/c1-34-20-9-10-22-21(17-20)24-25(28-22)26(33)31(27(35)29-24)13-5-8-23(32)30-14-11-19(12-15-30)16-18-6-3-2-4-7-18/h2-4,6-7,9-10,17,19,28H,5,8,11-16H2,1H3,(H,29,35). The van der Waals surface area contributed by atoms with E-state index in [4.69, 9.17) is 17.0 Å². The highest BCUT2D eigenvalue weighted by molar-refractivity contribution is 7.71. The maximum Gasteiger partial charge on any atom is 0.278 e. The molecule has 0 radical (unpaired) electrons. The van der Waals surface area contributed by atoms with Crippen LogP contribution < -0.4 is 10.3 Å². The van der Waals surface area contributed by atoms with E-state index in [0.717, 1.165) is 43.3 Å². The molecule has 1 fully saturated rings. The monoisotopic (exact) mass is 490 g/mol. The van der Waals surface area contributed by atoms with Crippen molar-refractivity contribution in [1.29, 1.82) is 0 Å². The number of hydrogen-bond acceptors (Lipinski definition) is 4. The summed E-state index contributed by atoms with van der Waals surface area (Å²) in [5, 5.41) is 0.862. The SMILES string of the molecule is COc1ccc2[nH]c3c(=O)n(CCCC(=O)N4CCC(Cc5ccccc5)CC4)c(=S)[nH]c3c2c1. The minimum absolute atomic E-state index is 0.157. The first kappa shape index (κ1) is 23.4. The van der Waals surface area contributed by atoms with E-state index in [1.807, 2.05) is 29.2 Å². The zero-order chi connectivity index (χ0) is 24.4. The van der Waals surface area contributed by atoms with Crippen LogP contribution in [-0.4, -0.2) is 45.5 Å². The summed E-state index contributed by atoms with van der Waals surface area (Å²) in [6.45, 7) is 2.01. The van der Waals surface area contributed by atoms with Crippen molar-refractivity contribution in [3.63, 3.8) is 0 Å². The molecule has 1 amide bonds. The fourth-order valence-electron chi connectivity index (χ4n) is 5.07. The Hall–Kier alpha value is -3.39. The molecule has 0 unspecified atom stereocenters. The van der Waals surface area contributed by atoms with Gasteiger partial charge in [0.05, 0.1) is 12.6 Å². The summed E-state index contributed by atoms with van der Waals surface area (Å²) in [6.07, 6.45) is 4.12. The molecule has 0 spiro atoms. The number of nitrogens with one attached hydrogen (secondary N) is 2. The van der Waals surface area contributed by atoms with Crippen molar-refractivity contribution in [3.05, 3.63) is 69.2 Å². The number of aromatic amines is 2. The van der Waals surface area contributed by atoms with Gasteiger partial charge in [-0.2, -0.15) is 0 Å². The molecule has 1 saturated heterocycles. The summed E-state index contributed by atoms with van der Waals surface area (Å²) in [5.74, 6) is 1.50.